The molecule has 0 bridgehead atoms. The van der Waals surface area contributed by atoms with E-state index in [9.17, 15) is 18.4 Å². The number of carbonyl (C=O) groups is 2. The SMILES string of the molecule is CC(C)C(C)NC(=O)C1CCN(CC(=O)NCCc2ccc(OC(F)F)cc2)CC1. The van der Waals surface area contributed by atoms with Crippen molar-refractivity contribution in [3.8, 4) is 5.75 Å². The van der Waals surface area contributed by atoms with Gasteiger partial charge in [0.05, 0.1) is 6.54 Å². The highest BCUT2D eigenvalue weighted by atomic mass is 19.3. The molecule has 0 aromatic heterocycles. The number of nitrogens with one attached hydrogen (secondary N) is 2. The molecule has 2 rings (SSSR count). The molecule has 8 heteroatoms. The van der Waals surface area contributed by atoms with Crippen LogP contribution in [0.5, 0.6) is 5.75 Å². The topological polar surface area (TPSA) is 70.7 Å². The average Bonchev–Trinajstić information content (AvgIpc) is 2.69. The summed E-state index contributed by atoms with van der Waals surface area (Å²) in [7, 11) is 0. The monoisotopic (exact) mass is 425 g/mol. The Balaban J connectivity index is 1.63. The Bertz CT molecular complexity index is 675. The van der Waals surface area contributed by atoms with E-state index < -0.39 is 6.61 Å². The molecule has 0 radical (unpaired) electrons. The molecule has 30 heavy (non-hydrogen) atoms. The lowest BCUT2D eigenvalue weighted by Gasteiger charge is -2.31. The molecule has 1 heterocycles. The first-order valence-electron chi connectivity index (χ1n) is 10.6. The molecule has 1 unspecified atom stereocenters. The van der Waals surface area contributed by atoms with Gasteiger partial charge in [-0.3, -0.25) is 14.5 Å². The van der Waals surface area contributed by atoms with Gasteiger partial charge in [-0.2, -0.15) is 8.78 Å². The van der Waals surface area contributed by atoms with Crippen molar-refractivity contribution in [3.63, 3.8) is 0 Å². The average molecular weight is 426 g/mol. The van der Waals surface area contributed by atoms with E-state index in [4.69, 9.17) is 0 Å². The number of alkyl halides is 2. The largest absolute Gasteiger partial charge is 0.435 e. The number of hydrogen-bond acceptors (Lipinski definition) is 4. The van der Waals surface area contributed by atoms with Crippen molar-refractivity contribution in [1.29, 1.82) is 0 Å². The lowest BCUT2D eigenvalue weighted by molar-refractivity contribution is -0.127. The van der Waals surface area contributed by atoms with E-state index in [2.05, 4.69) is 34.1 Å². The Morgan fingerprint density at radius 1 is 1.13 bits per heavy atom. The van der Waals surface area contributed by atoms with Crippen LogP contribution in [-0.4, -0.2) is 55.5 Å². The summed E-state index contributed by atoms with van der Waals surface area (Å²) in [6.07, 6.45) is 2.13. The van der Waals surface area contributed by atoms with Crippen molar-refractivity contribution in [1.82, 2.24) is 15.5 Å². The number of halogens is 2. The molecular formula is C22H33F2N3O3. The van der Waals surface area contributed by atoms with Gasteiger partial charge in [-0.05, 0) is 62.9 Å². The van der Waals surface area contributed by atoms with Gasteiger partial charge >= 0.3 is 6.61 Å². The number of hydrogen-bond donors (Lipinski definition) is 2. The van der Waals surface area contributed by atoms with E-state index in [1.54, 1.807) is 12.1 Å². The maximum Gasteiger partial charge on any atom is 0.387 e. The fraction of sp³-hybridized carbons (Fsp3) is 0.636. The number of ether oxygens (including phenoxy) is 1. The fourth-order valence-corrected chi connectivity index (χ4v) is 3.30. The van der Waals surface area contributed by atoms with Crippen LogP contribution in [0, 0.1) is 11.8 Å². The summed E-state index contributed by atoms with van der Waals surface area (Å²) in [6.45, 7) is 5.61. The van der Waals surface area contributed by atoms with Gasteiger partial charge < -0.3 is 15.4 Å². The van der Waals surface area contributed by atoms with Crippen LogP contribution in [0.2, 0.25) is 0 Å². The van der Waals surface area contributed by atoms with Gasteiger partial charge in [-0.1, -0.05) is 26.0 Å². The van der Waals surface area contributed by atoms with E-state index >= 15 is 0 Å². The first-order chi connectivity index (χ1) is 14.2. The van der Waals surface area contributed by atoms with Crippen molar-refractivity contribution in [3.05, 3.63) is 29.8 Å². The van der Waals surface area contributed by atoms with Gasteiger partial charge in [-0.15, -0.1) is 0 Å². The van der Waals surface area contributed by atoms with Gasteiger partial charge in [0.2, 0.25) is 11.8 Å². The number of rotatable bonds is 10. The molecule has 0 saturated carbocycles. The molecule has 1 aromatic rings. The van der Waals surface area contributed by atoms with Gasteiger partial charge in [0.15, 0.2) is 0 Å². The van der Waals surface area contributed by atoms with Crippen LogP contribution in [0.3, 0.4) is 0 Å². The molecule has 6 nitrogen and oxygen atoms in total. The molecule has 168 valence electrons. The second-order valence-electron chi connectivity index (χ2n) is 8.21. The second kappa shape index (κ2) is 11.8. The predicted molar refractivity (Wildman–Crippen MR) is 111 cm³/mol. The molecule has 1 atom stereocenters. The van der Waals surface area contributed by atoms with Gasteiger partial charge in [0, 0.05) is 18.5 Å². The van der Waals surface area contributed by atoms with Gasteiger partial charge in [0.25, 0.3) is 0 Å². The zero-order chi connectivity index (χ0) is 22.1. The second-order valence-corrected chi connectivity index (χ2v) is 8.21. The number of likely N-dealkylation sites (tertiary alicyclic amines) is 1. The summed E-state index contributed by atoms with van der Waals surface area (Å²) < 4.78 is 28.6. The van der Waals surface area contributed by atoms with E-state index in [1.807, 2.05) is 6.92 Å². The minimum atomic E-state index is -2.84. The van der Waals surface area contributed by atoms with E-state index in [-0.39, 0.29) is 29.5 Å². The van der Waals surface area contributed by atoms with Gasteiger partial charge in [-0.25, -0.2) is 0 Å². The normalized spacial score (nSPS) is 16.5. The van der Waals surface area contributed by atoms with E-state index in [0.717, 1.165) is 31.5 Å². The first kappa shape index (κ1) is 24.1. The molecule has 2 N–H and O–H groups in total. The molecule has 1 aliphatic rings. The quantitative estimate of drug-likeness (QED) is 0.605. The third-order valence-electron chi connectivity index (χ3n) is 5.58. The summed E-state index contributed by atoms with van der Waals surface area (Å²) in [6, 6.07) is 6.56. The Morgan fingerprint density at radius 2 is 1.77 bits per heavy atom. The van der Waals surface area contributed by atoms with Crippen LogP contribution in [0.1, 0.15) is 39.2 Å². The summed E-state index contributed by atoms with van der Waals surface area (Å²) in [5.74, 6) is 0.604. The molecule has 1 aliphatic heterocycles. The molecule has 1 fully saturated rings. The molecule has 0 spiro atoms. The highest BCUT2D eigenvalue weighted by Gasteiger charge is 2.26. The zero-order valence-electron chi connectivity index (χ0n) is 18.0. The van der Waals surface area contributed by atoms with Crippen molar-refractivity contribution in [2.45, 2.75) is 52.7 Å². The maximum absolute atomic E-state index is 12.3. The standard InChI is InChI=1S/C22H33F2N3O3/c1-15(2)16(3)26-21(29)18-9-12-27(13-10-18)14-20(28)25-11-8-17-4-6-19(7-5-17)30-22(23)24/h4-7,15-16,18,22H,8-14H2,1-3H3,(H,25,28)(H,26,29). The van der Waals surface area contributed by atoms with E-state index in [0.29, 0.717) is 25.4 Å². The van der Waals surface area contributed by atoms with Crippen LogP contribution < -0.4 is 15.4 Å². The van der Waals surface area contributed by atoms with Crippen LogP contribution in [0.4, 0.5) is 8.78 Å². The highest BCUT2D eigenvalue weighted by molar-refractivity contribution is 5.79. The Hall–Kier alpha value is -2.22. The lowest BCUT2D eigenvalue weighted by atomic mass is 9.95. The van der Waals surface area contributed by atoms with Crippen molar-refractivity contribution < 1.29 is 23.1 Å². The van der Waals surface area contributed by atoms with Crippen LogP contribution >= 0.6 is 0 Å². The number of nitrogens with zero attached hydrogens (tertiary/aromatic N) is 1. The van der Waals surface area contributed by atoms with Gasteiger partial charge in [0.1, 0.15) is 5.75 Å². The Kier molecular flexibility index (Phi) is 9.49. The number of piperidine rings is 1. The maximum atomic E-state index is 12.3. The third-order valence-corrected chi connectivity index (χ3v) is 5.58. The van der Waals surface area contributed by atoms with E-state index in [1.165, 1.54) is 12.1 Å². The fourth-order valence-electron chi connectivity index (χ4n) is 3.30. The van der Waals surface area contributed by atoms with Crippen LogP contribution in [0.15, 0.2) is 24.3 Å². The first-order valence-corrected chi connectivity index (χ1v) is 10.6. The van der Waals surface area contributed by atoms with Crippen molar-refractivity contribution in [2.24, 2.45) is 11.8 Å². The summed E-state index contributed by atoms with van der Waals surface area (Å²) >= 11 is 0. The van der Waals surface area contributed by atoms with Crippen LogP contribution in [0.25, 0.3) is 0 Å². The minimum absolute atomic E-state index is 0.0162. The zero-order valence-corrected chi connectivity index (χ0v) is 18.0. The number of benzene rings is 1. The molecular weight excluding hydrogens is 392 g/mol. The molecule has 1 saturated heterocycles. The third kappa shape index (κ3) is 8.26. The molecule has 2 amide bonds. The molecule has 0 aliphatic carbocycles. The summed E-state index contributed by atoms with van der Waals surface area (Å²) in [5, 5.41) is 5.97. The molecule has 1 aromatic carbocycles. The predicted octanol–water partition coefficient (Wildman–Crippen LogP) is 2.82. The smallest absolute Gasteiger partial charge is 0.387 e. The number of carbonyl (C=O) groups excluding carboxylic acids is 2. The summed E-state index contributed by atoms with van der Waals surface area (Å²) in [5.41, 5.74) is 0.930. The van der Waals surface area contributed by atoms with Crippen molar-refractivity contribution >= 4 is 11.8 Å². The Labute approximate surface area is 177 Å². The number of amides is 2. The Morgan fingerprint density at radius 3 is 2.33 bits per heavy atom. The lowest BCUT2D eigenvalue weighted by Crippen LogP contribution is -2.46. The van der Waals surface area contributed by atoms with Crippen LogP contribution in [-0.2, 0) is 16.0 Å². The summed E-state index contributed by atoms with van der Waals surface area (Å²) in [4.78, 5) is 26.6. The van der Waals surface area contributed by atoms with Crippen molar-refractivity contribution in [2.75, 3.05) is 26.2 Å². The minimum Gasteiger partial charge on any atom is -0.435 e. The highest BCUT2D eigenvalue weighted by Crippen LogP contribution is 2.18.